The average molecular weight is 402 g/mol. The minimum atomic E-state index is -0.341. The van der Waals surface area contributed by atoms with Gasteiger partial charge in [-0.1, -0.05) is 24.6 Å². The number of amides is 1. The number of hydrazine groups is 1. The van der Waals surface area contributed by atoms with Gasteiger partial charge < -0.3 is 5.73 Å². The predicted molar refractivity (Wildman–Crippen MR) is 95.3 cm³/mol. The van der Waals surface area contributed by atoms with Crippen LogP contribution in [0.15, 0.2) is 40.0 Å². The number of carbonyl (C=O) groups excluding carboxylic acids is 1. The number of benzene rings is 1. The molecule has 22 heavy (non-hydrogen) atoms. The van der Waals surface area contributed by atoms with Crippen LogP contribution in [0.25, 0.3) is 0 Å². The molecule has 2 aromatic rings. The Balaban J connectivity index is 2.14. The zero-order valence-electron chi connectivity index (χ0n) is 11.7. The molecule has 0 atom stereocenters. The third-order valence-corrected chi connectivity index (χ3v) is 4.49. The number of carbonyl (C=O) groups is 1. The first-order chi connectivity index (χ1) is 10.5. The van der Waals surface area contributed by atoms with E-state index in [2.05, 4.69) is 31.8 Å². The van der Waals surface area contributed by atoms with Crippen LogP contribution in [-0.4, -0.2) is 16.6 Å². The molecule has 8 heteroatoms. The summed E-state index contributed by atoms with van der Waals surface area (Å²) in [4.78, 5) is 16.4. The fourth-order valence-electron chi connectivity index (χ4n) is 1.69. The second-order valence-corrected chi connectivity index (χ2v) is 6.76. The Labute approximate surface area is 146 Å². The van der Waals surface area contributed by atoms with Gasteiger partial charge in [0.1, 0.15) is 5.03 Å². The molecule has 0 saturated heterocycles. The van der Waals surface area contributed by atoms with Gasteiger partial charge in [0.15, 0.2) is 0 Å². The maximum Gasteiger partial charge on any atom is 0.271 e. The lowest BCUT2D eigenvalue weighted by atomic mass is 10.2. The van der Waals surface area contributed by atoms with Crippen molar-refractivity contribution in [1.29, 1.82) is 0 Å². The van der Waals surface area contributed by atoms with E-state index in [1.807, 2.05) is 6.92 Å². The third-order valence-electron chi connectivity index (χ3n) is 2.71. The Morgan fingerprint density at radius 2 is 2.27 bits per heavy atom. The Hall–Kier alpha value is -1.44. The lowest BCUT2D eigenvalue weighted by Crippen LogP contribution is -2.30. The summed E-state index contributed by atoms with van der Waals surface area (Å²) < 4.78 is 0.673. The fraction of sp³-hybridized carbons (Fsp3) is 0.143. The molecule has 1 heterocycles. The van der Waals surface area contributed by atoms with Crippen LogP contribution in [-0.2, 0) is 0 Å². The van der Waals surface area contributed by atoms with Crippen molar-refractivity contribution < 1.29 is 4.79 Å². The molecule has 116 valence electrons. The Bertz CT molecular complexity index is 699. The lowest BCUT2D eigenvalue weighted by molar-refractivity contribution is 0.0963. The number of nitrogens with two attached hydrogens (primary N) is 1. The molecule has 0 aliphatic carbocycles. The molecular formula is C14H14BrClN4OS. The first-order valence-electron chi connectivity index (χ1n) is 6.41. The molecule has 0 unspecified atom stereocenters. The highest BCUT2D eigenvalue weighted by Gasteiger charge is 2.12. The second kappa shape index (κ2) is 7.71. The first kappa shape index (κ1) is 16.9. The van der Waals surface area contributed by atoms with Crippen LogP contribution in [0.5, 0.6) is 0 Å². The Morgan fingerprint density at radius 3 is 3.00 bits per heavy atom. The van der Waals surface area contributed by atoms with Crippen molar-refractivity contribution in [2.45, 2.75) is 11.9 Å². The Morgan fingerprint density at radius 1 is 1.50 bits per heavy atom. The number of halogens is 2. The largest absolute Gasteiger partial charge is 0.397 e. The third kappa shape index (κ3) is 4.06. The summed E-state index contributed by atoms with van der Waals surface area (Å²) in [5.74, 6) is 0.516. The highest BCUT2D eigenvalue weighted by Crippen LogP contribution is 2.27. The van der Waals surface area contributed by atoms with Crippen LogP contribution in [0, 0.1) is 0 Å². The van der Waals surface area contributed by atoms with E-state index in [-0.39, 0.29) is 5.91 Å². The number of thioether (sulfide) groups is 1. The molecule has 0 aliphatic heterocycles. The van der Waals surface area contributed by atoms with Gasteiger partial charge in [-0.15, -0.1) is 11.8 Å². The van der Waals surface area contributed by atoms with Crippen LogP contribution in [0.2, 0.25) is 5.02 Å². The quantitative estimate of drug-likeness (QED) is 0.401. The Kier molecular flexibility index (Phi) is 5.93. The standard InChI is InChI=1S/C14H14BrClN4OS/c1-2-22-14-11(6-8(16)7-18-14)19-20-13(21)9-4-3-5-10(15)12(9)17/h3-7,19H,2,17H2,1H3,(H,20,21). The highest BCUT2D eigenvalue weighted by atomic mass is 79.9. The van der Waals surface area contributed by atoms with Crippen LogP contribution >= 0.6 is 39.3 Å². The van der Waals surface area contributed by atoms with Crippen LogP contribution < -0.4 is 16.6 Å². The number of nitrogen functional groups attached to an aromatic ring is 1. The molecule has 0 spiro atoms. The van der Waals surface area contributed by atoms with Crippen LogP contribution in [0.3, 0.4) is 0 Å². The number of pyridine rings is 1. The van der Waals surface area contributed by atoms with E-state index in [0.29, 0.717) is 26.4 Å². The maximum absolute atomic E-state index is 12.2. The summed E-state index contributed by atoms with van der Waals surface area (Å²) >= 11 is 10.8. The zero-order valence-corrected chi connectivity index (χ0v) is 14.8. The van der Waals surface area contributed by atoms with Gasteiger partial charge in [0.05, 0.1) is 22.0 Å². The number of para-hydroxylation sites is 1. The van der Waals surface area contributed by atoms with E-state index in [1.165, 1.54) is 0 Å². The highest BCUT2D eigenvalue weighted by molar-refractivity contribution is 9.10. The van der Waals surface area contributed by atoms with Gasteiger partial charge in [-0.25, -0.2) is 4.98 Å². The smallest absolute Gasteiger partial charge is 0.271 e. The molecule has 5 nitrogen and oxygen atoms in total. The van der Waals surface area contributed by atoms with Gasteiger partial charge in [0, 0.05) is 10.7 Å². The summed E-state index contributed by atoms with van der Waals surface area (Å²) in [7, 11) is 0. The van der Waals surface area contributed by atoms with E-state index in [9.17, 15) is 4.79 Å². The van der Waals surface area contributed by atoms with Crippen molar-refractivity contribution in [3.8, 4) is 0 Å². The second-order valence-electron chi connectivity index (χ2n) is 4.22. The van der Waals surface area contributed by atoms with Gasteiger partial charge in [-0.2, -0.15) is 0 Å². The number of rotatable bonds is 5. The van der Waals surface area contributed by atoms with E-state index in [4.69, 9.17) is 17.3 Å². The van der Waals surface area contributed by atoms with Gasteiger partial charge in [-0.3, -0.25) is 15.6 Å². The topological polar surface area (TPSA) is 80.0 Å². The molecule has 0 aliphatic rings. The van der Waals surface area contributed by atoms with E-state index in [0.717, 1.165) is 10.8 Å². The molecule has 0 radical (unpaired) electrons. The first-order valence-corrected chi connectivity index (χ1v) is 8.57. The summed E-state index contributed by atoms with van der Waals surface area (Å²) in [6, 6.07) is 6.87. The summed E-state index contributed by atoms with van der Waals surface area (Å²) in [6.45, 7) is 2.02. The van der Waals surface area contributed by atoms with Gasteiger partial charge in [0.2, 0.25) is 0 Å². The van der Waals surface area contributed by atoms with E-state index < -0.39 is 0 Å². The van der Waals surface area contributed by atoms with Gasteiger partial charge >= 0.3 is 0 Å². The van der Waals surface area contributed by atoms with Gasteiger partial charge in [-0.05, 0) is 39.9 Å². The molecule has 1 amide bonds. The molecule has 0 bridgehead atoms. The van der Waals surface area contributed by atoms with Crippen LogP contribution in [0.1, 0.15) is 17.3 Å². The van der Waals surface area contributed by atoms with Crippen LogP contribution in [0.4, 0.5) is 11.4 Å². The van der Waals surface area contributed by atoms with E-state index in [1.54, 1.807) is 42.2 Å². The molecule has 4 N–H and O–H groups in total. The van der Waals surface area contributed by atoms with Crippen molar-refractivity contribution in [3.05, 3.63) is 45.5 Å². The summed E-state index contributed by atoms with van der Waals surface area (Å²) in [5.41, 5.74) is 12.7. The number of hydrogen-bond acceptors (Lipinski definition) is 5. The number of nitrogens with one attached hydrogen (secondary N) is 2. The van der Waals surface area contributed by atoms with Crippen molar-refractivity contribution in [1.82, 2.24) is 10.4 Å². The zero-order chi connectivity index (χ0) is 16.1. The minimum Gasteiger partial charge on any atom is -0.397 e. The summed E-state index contributed by atoms with van der Waals surface area (Å²) in [6.07, 6.45) is 1.57. The number of anilines is 2. The van der Waals surface area contributed by atoms with Crippen molar-refractivity contribution in [2.24, 2.45) is 0 Å². The fourth-order valence-corrected chi connectivity index (χ4v) is 2.88. The van der Waals surface area contributed by atoms with Gasteiger partial charge in [0.25, 0.3) is 5.91 Å². The number of nitrogens with zero attached hydrogens (tertiary/aromatic N) is 1. The minimum absolute atomic E-state index is 0.341. The predicted octanol–water partition coefficient (Wildman–Crippen LogP) is 3.95. The molecule has 2 rings (SSSR count). The summed E-state index contributed by atoms with van der Waals surface area (Å²) in [5, 5.41) is 1.24. The normalized spacial score (nSPS) is 10.3. The molecular weight excluding hydrogens is 388 g/mol. The number of aromatic nitrogens is 1. The van der Waals surface area contributed by atoms with E-state index >= 15 is 0 Å². The number of hydrogen-bond donors (Lipinski definition) is 3. The SMILES string of the molecule is CCSc1ncc(Cl)cc1NNC(=O)c1cccc(Br)c1N. The van der Waals surface area contributed by atoms with Crippen molar-refractivity contribution >= 4 is 56.6 Å². The molecule has 1 aromatic carbocycles. The lowest BCUT2D eigenvalue weighted by Gasteiger charge is -2.13. The van der Waals surface area contributed by atoms with Crippen molar-refractivity contribution in [2.75, 3.05) is 16.9 Å². The maximum atomic E-state index is 12.2. The molecule has 1 aromatic heterocycles. The monoisotopic (exact) mass is 400 g/mol. The molecule has 0 saturated carbocycles. The molecule has 0 fully saturated rings. The van der Waals surface area contributed by atoms with Crippen molar-refractivity contribution in [3.63, 3.8) is 0 Å². The average Bonchev–Trinajstić information content (AvgIpc) is 2.50.